The third-order valence-corrected chi connectivity index (χ3v) is 2.53. The van der Waals surface area contributed by atoms with Gasteiger partial charge in [0.15, 0.2) is 0 Å². The van der Waals surface area contributed by atoms with Gasteiger partial charge in [0.05, 0.1) is 0 Å². The molecule has 1 atom stereocenters. The standard InChI is InChI=1S/C8H14ClNO/c1-10-7(5-6-9)3-2-4-8(10)11/h7H,2-6H2,1H3. The lowest BCUT2D eigenvalue weighted by molar-refractivity contribution is -0.134. The number of likely N-dealkylation sites (tertiary alicyclic amines) is 1. The molecule has 0 bridgehead atoms. The van der Waals surface area contributed by atoms with E-state index < -0.39 is 0 Å². The molecule has 3 heteroatoms. The highest BCUT2D eigenvalue weighted by Gasteiger charge is 2.23. The van der Waals surface area contributed by atoms with Crippen LogP contribution in [0.1, 0.15) is 25.7 Å². The first-order chi connectivity index (χ1) is 5.25. The van der Waals surface area contributed by atoms with Crippen LogP contribution in [0.25, 0.3) is 0 Å². The Kier molecular flexibility index (Phi) is 3.18. The van der Waals surface area contributed by atoms with E-state index in [1.807, 2.05) is 11.9 Å². The van der Waals surface area contributed by atoms with Crippen molar-refractivity contribution < 1.29 is 4.79 Å². The Morgan fingerprint density at radius 1 is 1.73 bits per heavy atom. The minimum atomic E-state index is 0.270. The smallest absolute Gasteiger partial charge is 0.222 e. The van der Waals surface area contributed by atoms with Gasteiger partial charge in [0, 0.05) is 25.4 Å². The fourth-order valence-corrected chi connectivity index (χ4v) is 1.78. The summed E-state index contributed by atoms with van der Waals surface area (Å²) in [6.07, 6.45) is 3.80. The highest BCUT2D eigenvalue weighted by molar-refractivity contribution is 6.17. The maximum Gasteiger partial charge on any atom is 0.222 e. The second-order valence-corrected chi connectivity index (χ2v) is 3.41. The van der Waals surface area contributed by atoms with E-state index in [0.717, 1.165) is 25.7 Å². The molecular formula is C8H14ClNO. The van der Waals surface area contributed by atoms with Crippen LogP contribution in [0, 0.1) is 0 Å². The fraction of sp³-hybridized carbons (Fsp3) is 0.875. The molecule has 1 aliphatic heterocycles. The summed E-state index contributed by atoms with van der Waals surface area (Å²) >= 11 is 5.61. The lowest BCUT2D eigenvalue weighted by Gasteiger charge is -2.31. The topological polar surface area (TPSA) is 20.3 Å². The van der Waals surface area contributed by atoms with Gasteiger partial charge in [-0.3, -0.25) is 4.79 Å². The SMILES string of the molecule is CN1C(=O)CCCC1CCCl. The molecule has 0 aromatic rings. The van der Waals surface area contributed by atoms with Gasteiger partial charge in [-0.05, 0) is 19.3 Å². The molecule has 11 heavy (non-hydrogen) atoms. The van der Waals surface area contributed by atoms with E-state index in [4.69, 9.17) is 11.6 Å². The monoisotopic (exact) mass is 175 g/mol. The molecule has 1 fully saturated rings. The third kappa shape index (κ3) is 2.09. The van der Waals surface area contributed by atoms with E-state index in [1.54, 1.807) is 0 Å². The van der Waals surface area contributed by atoms with E-state index in [-0.39, 0.29) is 5.91 Å². The Bertz CT molecular complexity index is 147. The number of nitrogens with zero attached hydrogens (tertiary/aromatic N) is 1. The van der Waals surface area contributed by atoms with Crippen LogP contribution in [0.4, 0.5) is 0 Å². The van der Waals surface area contributed by atoms with Crippen molar-refractivity contribution >= 4 is 17.5 Å². The summed E-state index contributed by atoms with van der Waals surface area (Å²) in [6.45, 7) is 0. The zero-order valence-electron chi connectivity index (χ0n) is 6.85. The molecular weight excluding hydrogens is 162 g/mol. The van der Waals surface area contributed by atoms with Crippen LogP contribution in [0.3, 0.4) is 0 Å². The molecule has 0 N–H and O–H groups in total. The van der Waals surface area contributed by atoms with E-state index in [2.05, 4.69) is 0 Å². The maximum absolute atomic E-state index is 11.2. The number of amides is 1. The Balaban J connectivity index is 2.44. The van der Waals surface area contributed by atoms with Crippen LogP contribution in [0.15, 0.2) is 0 Å². The Morgan fingerprint density at radius 3 is 3.09 bits per heavy atom. The van der Waals surface area contributed by atoms with Crippen LogP contribution in [0.2, 0.25) is 0 Å². The van der Waals surface area contributed by atoms with Gasteiger partial charge in [0.1, 0.15) is 0 Å². The number of hydrogen-bond acceptors (Lipinski definition) is 1. The van der Waals surface area contributed by atoms with E-state index >= 15 is 0 Å². The van der Waals surface area contributed by atoms with Crippen molar-refractivity contribution in [3.8, 4) is 0 Å². The number of rotatable bonds is 2. The molecule has 1 rings (SSSR count). The summed E-state index contributed by atoms with van der Waals surface area (Å²) < 4.78 is 0. The lowest BCUT2D eigenvalue weighted by Crippen LogP contribution is -2.40. The summed E-state index contributed by atoms with van der Waals surface area (Å²) in [7, 11) is 1.87. The van der Waals surface area contributed by atoms with Gasteiger partial charge in [-0.1, -0.05) is 0 Å². The summed E-state index contributed by atoms with van der Waals surface area (Å²) in [4.78, 5) is 13.0. The summed E-state index contributed by atoms with van der Waals surface area (Å²) in [6, 6.07) is 0.397. The van der Waals surface area contributed by atoms with E-state index in [0.29, 0.717) is 11.9 Å². The number of carbonyl (C=O) groups excluding carboxylic acids is 1. The Hall–Kier alpha value is -0.240. The lowest BCUT2D eigenvalue weighted by atomic mass is 10.0. The minimum Gasteiger partial charge on any atom is -0.343 e. The third-order valence-electron chi connectivity index (χ3n) is 2.31. The molecule has 1 aliphatic rings. The summed E-state index contributed by atoms with van der Waals surface area (Å²) in [5.74, 6) is 0.925. The van der Waals surface area contributed by atoms with Crippen LogP contribution >= 0.6 is 11.6 Å². The largest absolute Gasteiger partial charge is 0.343 e. The van der Waals surface area contributed by atoms with Gasteiger partial charge in [-0.15, -0.1) is 11.6 Å². The van der Waals surface area contributed by atoms with Gasteiger partial charge in [0.2, 0.25) is 5.91 Å². The molecule has 64 valence electrons. The molecule has 1 amide bonds. The minimum absolute atomic E-state index is 0.270. The van der Waals surface area contributed by atoms with E-state index in [1.165, 1.54) is 0 Å². The molecule has 1 saturated heterocycles. The molecule has 1 unspecified atom stereocenters. The number of carbonyl (C=O) groups is 1. The second-order valence-electron chi connectivity index (χ2n) is 3.03. The van der Waals surface area contributed by atoms with Crippen molar-refractivity contribution in [3.63, 3.8) is 0 Å². The Morgan fingerprint density at radius 2 is 2.45 bits per heavy atom. The van der Waals surface area contributed by atoms with Crippen LogP contribution in [0.5, 0.6) is 0 Å². The average molecular weight is 176 g/mol. The zero-order valence-corrected chi connectivity index (χ0v) is 7.60. The quantitative estimate of drug-likeness (QED) is 0.585. The molecule has 0 spiro atoms. The van der Waals surface area contributed by atoms with Gasteiger partial charge in [-0.25, -0.2) is 0 Å². The average Bonchev–Trinajstić information content (AvgIpc) is 1.99. The normalized spacial score (nSPS) is 25.8. The van der Waals surface area contributed by atoms with Crippen molar-refractivity contribution in [2.24, 2.45) is 0 Å². The predicted octanol–water partition coefficient (Wildman–Crippen LogP) is 1.63. The predicted molar refractivity (Wildman–Crippen MR) is 45.7 cm³/mol. The molecule has 0 radical (unpaired) electrons. The highest BCUT2D eigenvalue weighted by atomic mass is 35.5. The van der Waals surface area contributed by atoms with Crippen molar-refractivity contribution in [1.82, 2.24) is 4.90 Å². The number of alkyl halides is 1. The highest BCUT2D eigenvalue weighted by Crippen LogP contribution is 2.18. The Labute approximate surface area is 72.5 Å². The van der Waals surface area contributed by atoms with E-state index in [9.17, 15) is 4.79 Å². The fourth-order valence-electron chi connectivity index (χ4n) is 1.53. The number of hydrogen-bond donors (Lipinski definition) is 0. The number of piperidine rings is 1. The summed E-state index contributed by atoms with van der Waals surface area (Å²) in [5.41, 5.74) is 0. The first-order valence-electron chi connectivity index (χ1n) is 4.07. The number of halogens is 1. The molecule has 0 saturated carbocycles. The van der Waals surface area contributed by atoms with Crippen molar-refractivity contribution in [1.29, 1.82) is 0 Å². The molecule has 0 aromatic heterocycles. The van der Waals surface area contributed by atoms with Crippen LogP contribution < -0.4 is 0 Å². The van der Waals surface area contributed by atoms with Gasteiger partial charge in [0.25, 0.3) is 0 Å². The van der Waals surface area contributed by atoms with Gasteiger partial charge < -0.3 is 4.90 Å². The molecule has 0 aromatic carbocycles. The van der Waals surface area contributed by atoms with Gasteiger partial charge >= 0.3 is 0 Å². The first kappa shape index (κ1) is 8.85. The molecule has 1 heterocycles. The second kappa shape index (κ2) is 3.96. The zero-order chi connectivity index (χ0) is 8.27. The van der Waals surface area contributed by atoms with Crippen LogP contribution in [-0.4, -0.2) is 29.8 Å². The molecule has 2 nitrogen and oxygen atoms in total. The van der Waals surface area contributed by atoms with Crippen molar-refractivity contribution in [3.05, 3.63) is 0 Å². The summed E-state index contributed by atoms with van der Waals surface area (Å²) in [5, 5.41) is 0. The van der Waals surface area contributed by atoms with Crippen LogP contribution in [-0.2, 0) is 4.79 Å². The maximum atomic E-state index is 11.2. The first-order valence-corrected chi connectivity index (χ1v) is 4.60. The van der Waals surface area contributed by atoms with Gasteiger partial charge in [-0.2, -0.15) is 0 Å². The molecule has 0 aliphatic carbocycles. The van der Waals surface area contributed by atoms with Crippen molar-refractivity contribution in [2.75, 3.05) is 12.9 Å². The van der Waals surface area contributed by atoms with Crippen molar-refractivity contribution in [2.45, 2.75) is 31.7 Å².